The van der Waals surface area contributed by atoms with Crippen molar-refractivity contribution in [3.8, 4) is 11.1 Å². The van der Waals surface area contributed by atoms with Crippen LogP contribution in [0.2, 0.25) is 0 Å². The monoisotopic (exact) mass is 393 g/mol. The molecule has 0 aliphatic heterocycles. The summed E-state index contributed by atoms with van der Waals surface area (Å²) in [5.74, 6) is 0. The number of nitrogens with zero attached hydrogens (tertiary/aromatic N) is 3. The topological polar surface area (TPSA) is 68.8 Å². The second-order valence-corrected chi connectivity index (χ2v) is 7.68. The highest BCUT2D eigenvalue weighted by molar-refractivity contribution is 5.97. The average molecular weight is 393 g/mol. The van der Waals surface area contributed by atoms with E-state index in [1.54, 1.807) is 12.4 Å². The van der Waals surface area contributed by atoms with Crippen LogP contribution >= 0.6 is 0 Å². The van der Waals surface area contributed by atoms with E-state index in [9.17, 15) is 0 Å². The molecule has 2 aromatic heterocycles. The van der Waals surface area contributed by atoms with Gasteiger partial charge in [-0.2, -0.15) is 0 Å². The van der Waals surface area contributed by atoms with Gasteiger partial charge in [-0.15, -0.1) is 0 Å². The van der Waals surface area contributed by atoms with Crippen LogP contribution in [0.3, 0.4) is 0 Å². The van der Waals surface area contributed by atoms with E-state index in [0.717, 1.165) is 39.1 Å². The summed E-state index contributed by atoms with van der Waals surface area (Å²) in [6, 6.07) is 21.0. The fourth-order valence-corrected chi connectivity index (χ4v) is 3.85. The van der Waals surface area contributed by atoms with E-state index in [1.807, 2.05) is 13.0 Å². The van der Waals surface area contributed by atoms with Crippen molar-refractivity contribution in [2.45, 2.75) is 13.0 Å². The van der Waals surface area contributed by atoms with Crippen molar-refractivity contribution in [3.63, 3.8) is 0 Å². The summed E-state index contributed by atoms with van der Waals surface area (Å²) in [5, 5.41) is 4.71. The van der Waals surface area contributed by atoms with Crippen LogP contribution in [-0.4, -0.2) is 14.5 Å². The minimum absolute atomic E-state index is 0.0227. The van der Waals surface area contributed by atoms with Crippen LogP contribution < -0.4 is 11.1 Å². The van der Waals surface area contributed by atoms with Gasteiger partial charge in [-0.1, -0.05) is 18.2 Å². The fourth-order valence-electron chi connectivity index (χ4n) is 3.85. The molecule has 2 heterocycles. The summed E-state index contributed by atoms with van der Waals surface area (Å²) < 4.78 is 2.13. The maximum atomic E-state index is 5.97. The predicted molar refractivity (Wildman–Crippen MR) is 124 cm³/mol. The molecule has 30 heavy (non-hydrogen) atoms. The molecular formula is C25H23N5. The Labute approximate surface area is 175 Å². The molecule has 0 fully saturated rings. The number of anilines is 2. The highest BCUT2D eigenvalue weighted by atomic mass is 14.9. The molecule has 3 aromatic carbocycles. The third kappa shape index (κ3) is 3.29. The molecular weight excluding hydrogens is 370 g/mol. The van der Waals surface area contributed by atoms with Gasteiger partial charge < -0.3 is 15.6 Å². The molecule has 148 valence electrons. The molecule has 0 saturated heterocycles. The highest BCUT2D eigenvalue weighted by Gasteiger charge is 2.11. The zero-order valence-electron chi connectivity index (χ0n) is 17.0. The molecule has 0 spiro atoms. The maximum absolute atomic E-state index is 5.97. The van der Waals surface area contributed by atoms with Gasteiger partial charge in [0.15, 0.2) is 0 Å². The Morgan fingerprint density at radius 1 is 0.900 bits per heavy atom. The van der Waals surface area contributed by atoms with Gasteiger partial charge in [-0.05, 0) is 60.5 Å². The molecule has 5 rings (SSSR count). The lowest BCUT2D eigenvalue weighted by Crippen LogP contribution is -2.04. The largest absolute Gasteiger partial charge is 0.355 e. The zero-order chi connectivity index (χ0) is 20.7. The first-order valence-electron chi connectivity index (χ1n) is 10.0. The third-order valence-electron chi connectivity index (χ3n) is 5.50. The summed E-state index contributed by atoms with van der Waals surface area (Å²) in [7, 11) is 2.06. The third-order valence-corrected chi connectivity index (χ3v) is 5.50. The summed E-state index contributed by atoms with van der Waals surface area (Å²) in [6.07, 6.45) is 5.55. The zero-order valence-corrected chi connectivity index (χ0v) is 17.0. The van der Waals surface area contributed by atoms with Crippen molar-refractivity contribution >= 4 is 33.3 Å². The van der Waals surface area contributed by atoms with E-state index in [2.05, 4.69) is 87.7 Å². The average Bonchev–Trinajstić information content (AvgIpc) is 3.13. The van der Waals surface area contributed by atoms with Gasteiger partial charge in [0.05, 0.1) is 11.0 Å². The molecule has 1 unspecified atom stereocenters. The van der Waals surface area contributed by atoms with E-state index in [1.165, 1.54) is 10.9 Å². The number of hydrogen-bond acceptors (Lipinski definition) is 4. The maximum Gasteiger partial charge on any atom is 0.0966 e. The van der Waals surface area contributed by atoms with Gasteiger partial charge in [0, 0.05) is 59.5 Å². The fraction of sp³-hybridized carbons (Fsp3) is 0.120. The van der Waals surface area contributed by atoms with Crippen LogP contribution in [0.4, 0.5) is 11.4 Å². The first-order valence-corrected chi connectivity index (χ1v) is 10.0. The standard InChI is InChI=1S/C25H23N5/c1-16(26)17-3-6-20(7-4-17)29-21-14-22(25-23(15-21)27-10-11-28-25)18-5-8-24-19(13-18)9-12-30(24)2/h3-16,29H,26H2,1-2H3. The quantitative estimate of drug-likeness (QED) is 0.420. The van der Waals surface area contributed by atoms with Crippen LogP contribution in [0.25, 0.3) is 33.1 Å². The van der Waals surface area contributed by atoms with E-state index in [-0.39, 0.29) is 6.04 Å². The normalized spacial score (nSPS) is 12.4. The SMILES string of the molecule is CC(N)c1ccc(Nc2cc(-c3ccc4c(ccn4C)c3)c3nccnc3c2)cc1. The van der Waals surface area contributed by atoms with Crippen LogP contribution in [-0.2, 0) is 7.05 Å². The van der Waals surface area contributed by atoms with Gasteiger partial charge in [0.25, 0.3) is 0 Å². The van der Waals surface area contributed by atoms with Crippen molar-refractivity contribution in [2.24, 2.45) is 12.8 Å². The molecule has 0 aliphatic rings. The Bertz CT molecular complexity index is 1350. The van der Waals surface area contributed by atoms with Crippen LogP contribution in [0, 0.1) is 0 Å². The molecule has 5 aromatic rings. The number of nitrogens with one attached hydrogen (secondary N) is 1. The molecule has 1 atom stereocenters. The molecule has 5 nitrogen and oxygen atoms in total. The van der Waals surface area contributed by atoms with Crippen LogP contribution in [0.1, 0.15) is 18.5 Å². The van der Waals surface area contributed by atoms with E-state index in [0.29, 0.717) is 0 Å². The minimum Gasteiger partial charge on any atom is -0.355 e. The van der Waals surface area contributed by atoms with Gasteiger partial charge >= 0.3 is 0 Å². The van der Waals surface area contributed by atoms with Crippen LogP contribution in [0.15, 0.2) is 79.3 Å². The lowest BCUT2D eigenvalue weighted by molar-refractivity contribution is 0.818. The Kier molecular flexibility index (Phi) is 4.45. The smallest absolute Gasteiger partial charge is 0.0966 e. The summed E-state index contributed by atoms with van der Waals surface area (Å²) in [5.41, 5.74) is 14.2. The molecule has 3 N–H and O–H groups in total. The molecule has 0 amide bonds. The number of rotatable bonds is 4. The van der Waals surface area contributed by atoms with Crippen molar-refractivity contribution in [1.29, 1.82) is 0 Å². The Balaban J connectivity index is 1.60. The number of benzene rings is 3. The number of fused-ring (bicyclic) bond motifs is 2. The number of aromatic nitrogens is 3. The number of aryl methyl sites for hydroxylation is 1. The minimum atomic E-state index is 0.0227. The van der Waals surface area contributed by atoms with E-state index < -0.39 is 0 Å². The van der Waals surface area contributed by atoms with E-state index >= 15 is 0 Å². The number of nitrogens with two attached hydrogens (primary N) is 1. The number of hydrogen-bond donors (Lipinski definition) is 2. The molecule has 0 saturated carbocycles. The summed E-state index contributed by atoms with van der Waals surface area (Å²) in [4.78, 5) is 9.16. The lowest BCUT2D eigenvalue weighted by Gasteiger charge is -2.13. The Morgan fingerprint density at radius 2 is 1.70 bits per heavy atom. The van der Waals surface area contributed by atoms with Crippen molar-refractivity contribution < 1.29 is 0 Å². The highest BCUT2D eigenvalue weighted by Crippen LogP contribution is 2.33. The Hall–Kier alpha value is -3.70. The molecule has 0 aliphatic carbocycles. The van der Waals surface area contributed by atoms with Gasteiger partial charge in [0.1, 0.15) is 0 Å². The van der Waals surface area contributed by atoms with Crippen molar-refractivity contribution in [1.82, 2.24) is 14.5 Å². The molecule has 0 radical (unpaired) electrons. The Morgan fingerprint density at radius 3 is 2.50 bits per heavy atom. The second kappa shape index (κ2) is 7.28. The first-order chi connectivity index (χ1) is 14.6. The van der Waals surface area contributed by atoms with Crippen LogP contribution in [0.5, 0.6) is 0 Å². The van der Waals surface area contributed by atoms with Gasteiger partial charge in [0.2, 0.25) is 0 Å². The lowest BCUT2D eigenvalue weighted by atomic mass is 10.0. The predicted octanol–water partition coefficient (Wildman–Crippen LogP) is 5.55. The van der Waals surface area contributed by atoms with E-state index in [4.69, 9.17) is 5.73 Å². The summed E-state index contributed by atoms with van der Waals surface area (Å²) in [6.45, 7) is 1.99. The first kappa shape index (κ1) is 18.3. The second-order valence-electron chi connectivity index (χ2n) is 7.68. The van der Waals surface area contributed by atoms with Gasteiger partial charge in [-0.25, -0.2) is 0 Å². The molecule has 0 bridgehead atoms. The van der Waals surface area contributed by atoms with Crippen molar-refractivity contribution in [2.75, 3.05) is 5.32 Å². The summed E-state index contributed by atoms with van der Waals surface area (Å²) >= 11 is 0. The molecule has 5 heteroatoms. The van der Waals surface area contributed by atoms with Gasteiger partial charge in [-0.3, -0.25) is 9.97 Å². The van der Waals surface area contributed by atoms with Crippen molar-refractivity contribution in [3.05, 3.63) is 84.8 Å².